The highest BCUT2D eigenvalue weighted by atomic mass is 35.5. The maximum atomic E-state index is 13.4. The maximum Gasteiger partial charge on any atom is 0.196 e. The minimum absolute atomic E-state index is 0.289. The van der Waals surface area contributed by atoms with Crippen LogP contribution in [0.3, 0.4) is 0 Å². The standard InChI is InChI=1S/C22H16Cl2FN3S/c1-14-3-2-4-19(11-14)28-21(15-6-9-18(25)10-7-15)26-27-22(28)29-13-16-5-8-17(23)12-20(16)24/h2-12H,13H2,1H3. The van der Waals surface area contributed by atoms with Gasteiger partial charge in [0.15, 0.2) is 11.0 Å². The summed E-state index contributed by atoms with van der Waals surface area (Å²) in [6.45, 7) is 2.03. The number of hydrogen-bond acceptors (Lipinski definition) is 3. The zero-order valence-electron chi connectivity index (χ0n) is 15.4. The Morgan fingerprint density at radius 3 is 2.48 bits per heavy atom. The Morgan fingerprint density at radius 2 is 1.76 bits per heavy atom. The Labute approximate surface area is 182 Å². The first-order valence-electron chi connectivity index (χ1n) is 8.86. The summed E-state index contributed by atoms with van der Waals surface area (Å²) < 4.78 is 15.4. The second kappa shape index (κ2) is 8.57. The van der Waals surface area contributed by atoms with Crippen molar-refractivity contribution in [1.82, 2.24) is 14.8 Å². The normalized spacial score (nSPS) is 11.0. The Hall–Kier alpha value is -2.34. The van der Waals surface area contributed by atoms with E-state index in [0.717, 1.165) is 27.5 Å². The summed E-state index contributed by atoms with van der Waals surface area (Å²) in [6, 6.07) is 19.8. The van der Waals surface area contributed by atoms with Crippen LogP contribution >= 0.6 is 35.0 Å². The molecule has 0 saturated carbocycles. The molecule has 7 heteroatoms. The predicted molar refractivity (Wildman–Crippen MR) is 118 cm³/mol. The summed E-state index contributed by atoms with van der Waals surface area (Å²) in [5, 5.41) is 10.7. The van der Waals surface area contributed by atoms with Crippen LogP contribution in [-0.2, 0) is 5.75 Å². The molecule has 0 atom stereocenters. The minimum atomic E-state index is -0.289. The van der Waals surface area contributed by atoms with Crippen molar-refractivity contribution in [3.8, 4) is 17.1 Å². The topological polar surface area (TPSA) is 30.7 Å². The Morgan fingerprint density at radius 1 is 0.966 bits per heavy atom. The molecule has 0 aliphatic rings. The molecule has 0 N–H and O–H groups in total. The van der Waals surface area contributed by atoms with E-state index in [1.165, 1.54) is 23.9 Å². The molecule has 4 rings (SSSR count). The second-order valence-corrected chi connectivity index (χ2v) is 8.30. The number of rotatable bonds is 5. The lowest BCUT2D eigenvalue weighted by atomic mass is 10.2. The molecule has 0 saturated heterocycles. The lowest BCUT2D eigenvalue weighted by molar-refractivity contribution is 0.628. The fourth-order valence-electron chi connectivity index (χ4n) is 2.93. The van der Waals surface area contributed by atoms with Crippen molar-refractivity contribution < 1.29 is 4.39 Å². The van der Waals surface area contributed by atoms with Crippen LogP contribution in [0.2, 0.25) is 10.0 Å². The van der Waals surface area contributed by atoms with Crippen molar-refractivity contribution >= 4 is 35.0 Å². The maximum absolute atomic E-state index is 13.4. The van der Waals surface area contributed by atoms with Gasteiger partial charge in [-0.1, -0.05) is 53.2 Å². The molecule has 1 aromatic heterocycles. The number of halogens is 3. The first-order chi connectivity index (χ1) is 14.0. The SMILES string of the molecule is Cc1cccc(-n2c(SCc3ccc(Cl)cc3Cl)nnc2-c2ccc(F)cc2)c1. The third kappa shape index (κ3) is 4.47. The van der Waals surface area contributed by atoms with Crippen LogP contribution in [0.4, 0.5) is 4.39 Å². The van der Waals surface area contributed by atoms with E-state index in [-0.39, 0.29) is 5.82 Å². The zero-order chi connectivity index (χ0) is 20.4. The molecule has 0 fully saturated rings. The molecule has 1 heterocycles. The van der Waals surface area contributed by atoms with Crippen LogP contribution in [0.1, 0.15) is 11.1 Å². The van der Waals surface area contributed by atoms with Crippen LogP contribution in [0.15, 0.2) is 71.9 Å². The van der Waals surface area contributed by atoms with Gasteiger partial charge in [0.1, 0.15) is 5.82 Å². The van der Waals surface area contributed by atoms with E-state index in [0.29, 0.717) is 21.6 Å². The smallest absolute Gasteiger partial charge is 0.196 e. The van der Waals surface area contributed by atoms with E-state index >= 15 is 0 Å². The minimum Gasteiger partial charge on any atom is -0.270 e. The Kier molecular flexibility index (Phi) is 5.90. The molecular weight excluding hydrogens is 428 g/mol. The van der Waals surface area contributed by atoms with E-state index in [1.807, 2.05) is 41.8 Å². The first-order valence-corrected chi connectivity index (χ1v) is 10.6. The van der Waals surface area contributed by atoms with Crippen molar-refractivity contribution in [2.45, 2.75) is 17.8 Å². The highest BCUT2D eigenvalue weighted by Gasteiger charge is 2.17. The molecule has 0 spiro atoms. The molecule has 0 aliphatic heterocycles. The molecular formula is C22H16Cl2FN3S. The molecule has 0 radical (unpaired) electrons. The van der Waals surface area contributed by atoms with Crippen molar-refractivity contribution in [3.05, 3.63) is 93.7 Å². The summed E-state index contributed by atoms with van der Waals surface area (Å²) >= 11 is 13.8. The summed E-state index contributed by atoms with van der Waals surface area (Å²) in [6.07, 6.45) is 0. The summed E-state index contributed by atoms with van der Waals surface area (Å²) in [5.41, 5.74) is 3.82. The molecule has 0 amide bonds. The number of hydrogen-bond donors (Lipinski definition) is 0. The van der Waals surface area contributed by atoms with Crippen LogP contribution in [0, 0.1) is 12.7 Å². The molecule has 4 aromatic rings. The van der Waals surface area contributed by atoms with Crippen molar-refractivity contribution in [2.75, 3.05) is 0 Å². The van der Waals surface area contributed by atoms with Gasteiger partial charge in [-0.05, 0) is 66.6 Å². The number of benzene rings is 3. The van der Waals surface area contributed by atoms with Gasteiger partial charge in [-0.3, -0.25) is 4.57 Å². The lowest BCUT2D eigenvalue weighted by Gasteiger charge is -2.11. The molecule has 3 nitrogen and oxygen atoms in total. The average molecular weight is 444 g/mol. The van der Waals surface area contributed by atoms with Gasteiger partial charge in [-0.25, -0.2) is 4.39 Å². The number of aryl methyl sites for hydroxylation is 1. The highest BCUT2D eigenvalue weighted by molar-refractivity contribution is 7.98. The zero-order valence-corrected chi connectivity index (χ0v) is 17.8. The van der Waals surface area contributed by atoms with Crippen molar-refractivity contribution in [1.29, 1.82) is 0 Å². The third-order valence-electron chi connectivity index (χ3n) is 4.37. The van der Waals surface area contributed by atoms with Crippen molar-refractivity contribution in [2.24, 2.45) is 0 Å². The second-order valence-electron chi connectivity index (χ2n) is 6.51. The van der Waals surface area contributed by atoms with E-state index in [1.54, 1.807) is 18.2 Å². The number of nitrogens with zero attached hydrogens (tertiary/aromatic N) is 3. The van der Waals surface area contributed by atoms with Gasteiger partial charge >= 0.3 is 0 Å². The molecule has 0 unspecified atom stereocenters. The van der Waals surface area contributed by atoms with E-state index in [9.17, 15) is 4.39 Å². The van der Waals surface area contributed by atoms with Crippen LogP contribution in [-0.4, -0.2) is 14.8 Å². The van der Waals surface area contributed by atoms with Gasteiger partial charge in [0.2, 0.25) is 0 Å². The molecule has 29 heavy (non-hydrogen) atoms. The van der Waals surface area contributed by atoms with Gasteiger partial charge in [0, 0.05) is 27.0 Å². The summed E-state index contributed by atoms with van der Waals surface area (Å²) in [5.74, 6) is 0.978. The fraction of sp³-hybridized carbons (Fsp3) is 0.0909. The van der Waals surface area contributed by atoms with Gasteiger partial charge in [0.05, 0.1) is 0 Å². The predicted octanol–water partition coefficient (Wildman–Crippen LogP) is 6.98. The van der Waals surface area contributed by atoms with Gasteiger partial charge < -0.3 is 0 Å². The highest BCUT2D eigenvalue weighted by Crippen LogP contribution is 2.32. The first kappa shape index (κ1) is 20.0. The molecule has 3 aromatic carbocycles. The average Bonchev–Trinajstić information content (AvgIpc) is 3.12. The number of aromatic nitrogens is 3. The van der Waals surface area contributed by atoms with Gasteiger partial charge in [0.25, 0.3) is 0 Å². The van der Waals surface area contributed by atoms with E-state index in [4.69, 9.17) is 23.2 Å². The summed E-state index contributed by atoms with van der Waals surface area (Å²) in [7, 11) is 0. The Balaban J connectivity index is 1.74. The van der Waals surface area contributed by atoms with Crippen LogP contribution in [0.25, 0.3) is 17.1 Å². The molecule has 0 aliphatic carbocycles. The van der Waals surface area contributed by atoms with E-state index in [2.05, 4.69) is 16.3 Å². The fourth-order valence-corrected chi connectivity index (χ4v) is 4.44. The largest absolute Gasteiger partial charge is 0.270 e. The lowest BCUT2D eigenvalue weighted by Crippen LogP contribution is -2.00. The molecule has 0 bridgehead atoms. The van der Waals surface area contributed by atoms with E-state index < -0.39 is 0 Å². The quantitative estimate of drug-likeness (QED) is 0.311. The van der Waals surface area contributed by atoms with Crippen molar-refractivity contribution in [3.63, 3.8) is 0 Å². The van der Waals surface area contributed by atoms with Gasteiger partial charge in [-0.15, -0.1) is 10.2 Å². The summed E-state index contributed by atoms with van der Waals surface area (Å²) in [4.78, 5) is 0. The van der Waals surface area contributed by atoms with Gasteiger partial charge in [-0.2, -0.15) is 0 Å². The van der Waals surface area contributed by atoms with Crippen LogP contribution < -0.4 is 0 Å². The molecule has 146 valence electrons. The third-order valence-corrected chi connectivity index (χ3v) is 5.93. The van der Waals surface area contributed by atoms with Crippen LogP contribution in [0.5, 0.6) is 0 Å². The Bertz CT molecular complexity index is 1160. The number of thioether (sulfide) groups is 1. The monoisotopic (exact) mass is 443 g/mol.